The van der Waals surface area contributed by atoms with Gasteiger partial charge < -0.3 is 19.4 Å². The number of hydrogen-bond donors (Lipinski definition) is 2. The van der Waals surface area contributed by atoms with Crippen molar-refractivity contribution in [1.82, 2.24) is 14.5 Å². The molecule has 0 amide bonds. The van der Waals surface area contributed by atoms with Gasteiger partial charge in [-0.15, -0.1) is 0 Å². The molecule has 4 unspecified atom stereocenters. The van der Waals surface area contributed by atoms with Gasteiger partial charge in [-0.2, -0.15) is 10.2 Å². The number of fused-ring (bicyclic) bond motifs is 4. The van der Waals surface area contributed by atoms with Crippen molar-refractivity contribution in [2.75, 3.05) is 5.32 Å². The van der Waals surface area contributed by atoms with E-state index in [1.54, 1.807) is 12.1 Å². The number of imidazole rings is 1. The number of aliphatic hydroxyl groups is 1. The third-order valence-electron chi connectivity index (χ3n) is 9.88. The maximum absolute atomic E-state index is 11.9. The number of aromatic nitrogens is 3. The Hall–Kier alpha value is -3.63. The highest BCUT2D eigenvalue weighted by molar-refractivity contribution is 5.76. The van der Waals surface area contributed by atoms with Gasteiger partial charge in [0.2, 0.25) is 0 Å². The molecule has 4 bridgehead atoms. The van der Waals surface area contributed by atoms with E-state index in [9.17, 15) is 10.4 Å². The van der Waals surface area contributed by atoms with Crippen molar-refractivity contribution < 1.29 is 9.52 Å². The van der Waals surface area contributed by atoms with Crippen molar-refractivity contribution in [2.24, 2.45) is 23.2 Å². The highest BCUT2D eigenvalue weighted by Crippen LogP contribution is 2.62. The Bertz CT molecular complexity index is 1550. The van der Waals surface area contributed by atoms with Gasteiger partial charge in [0.1, 0.15) is 5.52 Å². The number of aliphatic hydroxyl groups excluding tert-OH is 1. The largest absolute Gasteiger partial charge is 0.424 e. The summed E-state index contributed by atoms with van der Waals surface area (Å²) in [4.78, 5) is 9.06. The maximum atomic E-state index is 11.9. The fourth-order valence-corrected chi connectivity index (χ4v) is 8.56. The number of nitriles is 1. The van der Waals surface area contributed by atoms with Crippen molar-refractivity contribution in [3.05, 3.63) is 66.1 Å². The van der Waals surface area contributed by atoms with Crippen molar-refractivity contribution in [3.63, 3.8) is 0 Å². The van der Waals surface area contributed by atoms with E-state index < -0.39 is 0 Å². The summed E-state index contributed by atoms with van der Waals surface area (Å²) in [7, 11) is 0. The normalized spacial score (nSPS) is 31.7. The Balaban J connectivity index is 1.04. The molecule has 7 heteroatoms. The summed E-state index contributed by atoms with van der Waals surface area (Å²) in [5.41, 5.74) is 5.68. The van der Waals surface area contributed by atoms with Gasteiger partial charge in [0.05, 0.1) is 42.0 Å². The average molecular weight is 492 g/mol. The summed E-state index contributed by atoms with van der Waals surface area (Å²) in [5.74, 6) is 1.70. The Morgan fingerprint density at radius 2 is 2.00 bits per heavy atom. The summed E-state index contributed by atoms with van der Waals surface area (Å²) in [5, 5.41) is 24.7. The van der Waals surface area contributed by atoms with Crippen LogP contribution in [0.5, 0.6) is 0 Å². The summed E-state index contributed by atoms with van der Waals surface area (Å²) < 4.78 is 8.26. The Kier molecular flexibility index (Phi) is 4.46. The molecular formula is C30H29N5O2. The minimum Gasteiger partial charge on any atom is -0.424 e. The quantitative estimate of drug-likeness (QED) is 0.381. The highest BCUT2D eigenvalue weighted by atomic mass is 16.4. The van der Waals surface area contributed by atoms with Crippen LogP contribution >= 0.6 is 0 Å². The number of benzene rings is 2. The number of anilines is 1. The van der Waals surface area contributed by atoms with E-state index in [2.05, 4.69) is 50.2 Å². The lowest BCUT2D eigenvalue weighted by Gasteiger charge is -2.61. The Morgan fingerprint density at radius 3 is 2.84 bits per heavy atom. The van der Waals surface area contributed by atoms with E-state index in [0.717, 1.165) is 36.9 Å². The second-order valence-electron chi connectivity index (χ2n) is 11.9. The van der Waals surface area contributed by atoms with E-state index in [4.69, 9.17) is 4.42 Å². The first-order valence-electron chi connectivity index (χ1n) is 13.5. The lowest BCUT2D eigenvalue weighted by atomic mass is 9.46. The van der Waals surface area contributed by atoms with E-state index in [1.165, 1.54) is 24.0 Å². The van der Waals surface area contributed by atoms with Crippen LogP contribution in [0.3, 0.4) is 0 Å². The second kappa shape index (κ2) is 7.69. The molecule has 2 aromatic heterocycles. The maximum Gasteiger partial charge on any atom is 0.295 e. The van der Waals surface area contributed by atoms with Crippen LogP contribution in [0.25, 0.3) is 22.4 Å². The molecule has 7 nitrogen and oxygen atoms in total. The molecule has 4 atom stereocenters. The molecular weight excluding hydrogens is 462 g/mol. The van der Waals surface area contributed by atoms with E-state index in [-0.39, 0.29) is 17.6 Å². The zero-order chi connectivity index (χ0) is 24.7. The summed E-state index contributed by atoms with van der Waals surface area (Å²) in [6.45, 7) is 0. The third-order valence-corrected chi connectivity index (χ3v) is 9.88. The minimum absolute atomic E-state index is 0.0179. The van der Waals surface area contributed by atoms with Crippen molar-refractivity contribution in [1.29, 1.82) is 5.26 Å². The van der Waals surface area contributed by atoms with E-state index in [0.29, 0.717) is 41.0 Å². The van der Waals surface area contributed by atoms with Crippen LogP contribution in [0, 0.1) is 34.5 Å². The molecule has 0 saturated heterocycles. The second-order valence-corrected chi connectivity index (χ2v) is 11.9. The molecule has 0 spiro atoms. The molecule has 2 aromatic carbocycles. The first-order valence-corrected chi connectivity index (χ1v) is 13.5. The fraction of sp³-hybridized carbons (Fsp3) is 0.433. The van der Waals surface area contributed by atoms with E-state index in [1.807, 2.05) is 18.6 Å². The Morgan fingerprint density at radius 1 is 1.16 bits per heavy atom. The number of nitrogens with one attached hydrogen (secondary N) is 1. The molecule has 1 aliphatic heterocycles. The first-order chi connectivity index (χ1) is 18.1. The predicted molar refractivity (Wildman–Crippen MR) is 139 cm³/mol. The van der Waals surface area contributed by atoms with Crippen LogP contribution in [0.15, 0.2) is 59.4 Å². The summed E-state index contributed by atoms with van der Waals surface area (Å²) in [6.07, 6.45) is 9.90. The summed E-state index contributed by atoms with van der Waals surface area (Å²) >= 11 is 0. The van der Waals surface area contributed by atoms with Gasteiger partial charge in [-0.25, -0.2) is 4.98 Å². The molecule has 5 aliphatic rings. The summed E-state index contributed by atoms with van der Waals surface area (Å²) in [6, 6.07) is 17.1. The van der Waals surface area contributed by atoms with Crippen molar-refractivity contribution in [3.8, 4) is 17.3 Å². The van der Waals surface area contributed by atoms with Crippen LogP contribution in [-0.2, 0) is 0 Å². The first kappa shape index (κ1) is 21.5. The van der Waals surface area contributed by atoms with Crippen LogP contribution in [-0.4, -0.2) is 31.8 Å². The monoisotopic (exact) mass is 491 g/mol. The smallest absolute Gasteiger partial charge is 0.295 e. The highest BCUT2D eigenvalue weighted by Gasteiger charge is 2.58. The molecule has 4 fully saturated rings. The standard InChI is InChI=1S/C30H29N5O2/c31-14-17-5-6-23-26(9-17)37-29(33-23)34-28-19-7-18-8-20(28)13-30(11-18,12-19)27(36)10-24-21-3-1-2-4-22(21)25-15-32-16-35(24)25/h1-6,9,15-16,18-20,24,27-28,36H,7-8,10-13H2,(H,33,34). The molecule has 9 rings (SSSR count). The van der Waals surface area contributed by atoms with Gasteiger partial charge in [0.25, 0.3) is 6.01 Å². The fourth-order valence-electron chi connectivity index (χ4n) is 8.56. The number of rotatable bonds is 5. The van der Waals surface area contributed by atoms with Gasteiger partial charge in [0.15, 0.2) is 5.58 Å². The molecule has 4 saturated carbocycles. The van der Waals surface area contributed by atoms with Gasteiger partial charge in [-0.05, 0) is 79.4 Å². The zero-order valence-corrected chi connectivity index (χ0v) is 20.5. The molecule has 4 aliphatic carbocycles. The molecule has 4 aromatic rings. The molecule has 37 heavy (non-hydrogen) atoms. The third kappa shape index (κ3) is 3.15. The van der Waals surface area contributed by atoms with Crippen LogP contribution in [0.1, 0.15) is 55.7 Å². The number of nitrogens with zero attached hydrogens (tertiary/aromatic N) is 4. The molecule has 0 radical (unpaired) electrons. The van der Waals surface area contributed by atoms with Crippen LogP contribution in [0.4, 0.5) is 6.01 Å². The van der Waals surface area contributed by atoms with Crippen molar-refractivity contribution >= 4 is 17.1 Å². The van der Waals surface area contributed by atoms with E-state index >= 15 is 0 Å². The Labute approximate surface area is 215 Å². The predicted octanol–water partition coefficient (Wildman–Crippen LogP) is 5.52. The lowest BCUT2D eigenvalue weighted by molar-refractivity contribution is -0.129. The SMILES string of the molecule is N#Cc1ccc2nc(NC3C4CC5CC3CC(C(O)CC3c6ccccc6-c6cncn63)(C5)C4)oc2c1. The van der Waals surface area contributed by atoms with Gasteiger partial charge in [-0.1, -0.05) is 24.3 Å². The molecule has 3 heterocycles. The van der Waals surface area contributed by atoms with Gasteiger partial charge >= 0.3 is 0 Å². The average Bonchev–Trinajstić information content (AvgIpc) is 3.61. The number of hydrogen-bond acceptors (Lipinski definition) is 6. The topological polar surface area (TPSA) is 99.9 Å². The molecule has 2 N–H and O–H groups in total. The zero-order valence-electron chi connectivity index (χ0n) is 20.5. The minimum atomic E-state index is -0.346. The number of oxazole rings is 1. The lowest BCUT2D eigenvalue weighted by Crippen LogP contribution is -2.59. The van der Waals surface area contributed by atoms with Gasteiger partial charge in [0, 0.05) is 17.7 Å². The van der Waals surface area contributed by atoms with Gasteiger partial charge in [-0.3, -0.25) is 0 Å². The van der Waals surface area contributed by atoms with Crippen LogP contribution in [0.2, 0.25) is 0 Å². The van der Waals surface area contributed by atoms with Crippen LogP contribution < -0.4 is 5.32 Å². The van der Waals surface area contributed by atoms with Crippen molar-refractivity contribution in [2.45, 2.75) is 56.7 Å². The molecule has 186 valence electrons.